The molecule has 0 aromatic carbocycles. The van der Waals surface area contributed by atoms with Gasteiger partial charge in [0.1, 0.15) is 0 Å². The van der Waals surface area contributed by atoms with Crippen molar-refractivity contribution in [3.63, 3.8) is 0 Å². The van der Waals surface area contributed by atoms with Crippen LogP contribution in [0, 0.1) is 23.7 Å². The first-order valence-electron chi connectivity index (χ1n) is 6.45. The predicted molar refractivity (Wildman–Crippen MR) is 55.5 cm³/mol. The standard InChI is InChI=1S/C13H22/c1-2-6-11-9-10(5-1)12-7-3-4-8-13(11)12/h10-13H,1-9H2. The molecule has 4 atom stereocenters. The van der Waals surface area contributed by atoms with Crippen molar-refractivity contribution >= 4 is 0 Å². The highest BCUT2D eigenvalue weighted by Gasteiger charge is 2.43. The molecule has 0 heteroatoms. The van der Waals surface area contributed by atoms with Gasteiger partial charge in [0.25, 0.3) is 0 Å². The number of hydrogen-bond acceptors (Lipinski definition) is 0. The maximum atomic E-state index is 1.62. The minimum Gasteiger partial charge on any atom is -0.0530 e. The second-order valence-corrected chi connectivity index (χ2v) is 5.65. The summed E-state index contributed by atoms with van der Waals surface area (Å²) < 4.78 is 0. The van der Waals surface area contributed by atoms with Crippen LogP contribution in [0.3, 0.4) is 0 Å². The molecular formula is C13H22. The minimum absolute atomic E-state index is 1.16. The Morgan fingerprint density at radius 3 is 1.54 bits per heavy atom. The molecule has 0 heterocycles. The van der Waals surface area contributed by atoms with Gasteiger partial charge in [-0.3, -0.25) is 0 Å². The van der Waals surface area contributed by atoms with Crippen LogP contribution in [0.5, 0.6) is 0 Å². The fourth-order valence-corrected chi connectivity index (χ4v) is 4.57. The maximum Gasteiger partial charge on any atom is -0.0355 e. The zero-order valence-electron chi connectivity index (χ0n) is 8.67. The van der Waals surface area contributed by atoms with Crippen LogP contribution in [-0.2, 0) is 0 Å². The Morgan fingerprint density at radius 1 is 0.538 bits per heavy atom. The van der Waals surface area contributed by atoms with E-state index in [0.29, 0.717) is 0 Å². The van der Waals surface area contributed by atoms with E-state index < -0.39 is 0 Å². The molecule has 0 radical (unpaired) electrons. The van der Waals surface area contributed by atoms with Gasteiger partial charge in [-0.05, 0) is 42.9 Å². The van der Waals surface area contributed by atoms with E-state index in [-0.39, 0.29) is 0 Å². The smallest absolute Gasteiger partial charge is 0.0355 e. The monoisotopic (exact) mass is 178 g/mol. The molecule has 0 nitrogen and oxygen atoms in total. The molecule has 3 aliphatic carbocycles. The first-order chi connectivity index (χ1) is 6.45. The molecule has 3 saturated carbocycles. The quantitative estimate of drug-likeness (QED) is 0.526. The topological polar surface area (TPSA) is 0 Å². The first kappa shape index (κ1) is 8.32. The van der Waals surface area contributed by atoms with Gasteiger partial charge < -0.3 is 0 Å². The molecule has 0 aromatic rings. The summed E-state index contributed by atoms with van der Waals surface area (Å²) in [6, 6.07) is 0. The predicted octanol–water partition coefficient (Wildman–Crippen LogP) is 4.00. The first-order valence-corrected chi connectivity index (χ1v) is 6.45. The lowest BCUT2D eigenvalue weighted by atomic mass is 9.73. The van der Waals surface area contributed by atoms with Gasteiger partial charge in [0.15, 0.2) is 0 Å². The normalized spacial score (nSPS) is 49.8. The average molecular weight is 178 g/mol. The molecule has 2 bridgehead atoms. The highest BCUT2D eigenvalue weighted by molar-refractivity contribution is 4.94. The van der Waals surface area contributed by atoms with Gasteiger partial charge in [0, 0.05) is 0 Å². The summed E-state index contributed by atoms with van der Waals surface area (Å²) in [6.45, 7) is 0. The number of fused-ring (bicyclic) bond motifs is 5. The third kappa shape index (κ3) is 1.33. The lowest BCUT2D eigenvalue weighted by Crippen LogP contribution is -2.23. The van der Waals surface area contributed by atoms with E-state index in [1.54, 1.807) is 57.8 Å². The third-order valence-electron chi connectivity index (χ3n) is 5.09. The fraction of sp³-hybridized carbons (Fsp3) is 1.00. The molecule has 0 aromatic heterocycles. The van der Waals surface area contributed by atoms with Gasteiger partial charge >= 0.3 is 0 Å². The van der Waals surface area contributed by atoms with Crippen molar-refractivity contribution in [3.05, 3.63) is 0 Å². The zero-order chi connectivity index (χ0) is 8.67. The fourth-order valence-electron chi connectivity index (χ4n) is 4.57. The molecule has 4 unspecified atom stereocenters. The van der Waals surface area contributed by atoms with Crippen LogP contribution in [0.4, 0.5) is 0 Å². The Balaban J connectivity index is 1.80. The van der Waals surface area contributed by atoms with E-state index in [0.717, 1.165) is 11.8 Å². The van der Waals surface area contributed by atoms with Crippen LogP contribution in [0.15, 0.2) is 0 Å². The highest BCUT2D eigenvalue weighted by atomic mass is 14.5. The SMILES string of the molecule is C1CCC2CC(C1)C1CCCCC21. The lowest BCUT2D eigenvalue weighted by molar-refractivity contribution is 0.179. The highest BCUT2D eigenvalue weighted by Crippen LogP contribution is 2.53. The number of rotatable bonds is 0. The van der Waals surface area contributed by atoms with E-state index in [1.807, 2.05) is 0 Å². The summed E-state index contributed by atoms with van der Waals surface area (Å²) in [5, 5.41) is 0. The molecule has 3 aliphatic rings. The van der Waals surface area contributed by atoms with Gasteiger partial charge in [0.2, 0.25) is 0 Å². The molecule has 0 saturated heterocycles. The van der Waals surface area contributed by atoms with Crippen molar-refractivity contribution in [1.82, 2.24) is 0 Å². The van der Waals surface area contributed by atoms with E-state index in [9.17, 15) is 0 Å². The summed E-state index contributed by atoms with van der Waals surface area (Å²) in [5.74, 6) is 4.69. The van der Waals surface area contributed by atoms with E-state index in [4.69, 9.17) is 0 Å². The van der Waals surface area contributed by atoms with Gasteiger partial charge in [-0.2, -0.15) is 0 Å². The molecule has 0 amide bonds. The van der Waals surface area contributed by atoms with E-state index >= 15 is 0 Å². The Kier molecular flexibility index (Phi) is 2.11. The number of hydrogen-bond donors (Lipinski definition) is 0. The van der Waals surface area contributed by atoms with Crippen molar-refractivity contribution in [2.75, 3.05) is 0 Å². The molecule has 0 aliphatic heterocycles. The largest absolute Gasteiger partial charge is 0.0530 e. The summed E-state index contributed by atoms with van der Waals surface area (Å²) in [4.78, 5) is 0. The van der Waals surface area contributed by atoms with Gasteiger partial charge in [-0.1, -0.05) is 38.5 Å². The third-order valence-corrected chi connectivity index (χ3v) is 5.09. The zero-order valence-corrected chi connectivity index (χ0v) is 8.67. The Bertz CT molecular complexity index is 164. The van der Waals surface area contributed by atoms with Crippen molar-refractivity contribution < 1.29 is 0 Å². The van der Waals surface area contributed by atoms with Crippen LogP contribution in [0.1, 0.15) is 57.8 Å². The van der Waals surface area contributed by atoms with Crippen molar-refractivity contribution in [3.8, 4) is 0 Å². The van der Waals surface area contributed by atoms with Crippen LogP contribution in [0.2, 0.25) is 0 Å². The second kappa shape index (κ2) is 3.29. The van der Waals surface area contributed by atoms with Crippen molar-refractivity contribution in [2.45, 2.75) is 57.8 Å². The molecule has 3 fully saturated rings. The molecule has 74 valence electrons. The minimum atomic E-state index is 1.16. The van der Waals surface area contributed by atoms with Crippen LogP contribution in [0.25, 0.3) is 0 Å². The Morgan fingerprint density at radius 2 is 1.00 bits per heavy atom. The summed E-state index contributed by atoms with van der Waals surface area (Å²) in [6.07, 6.45) is 14.1. The average Bonchev–Trinajstić information content (AvgIpc) is 2.35. The Labute approximate surface area is 82.1 Å². The molecule has 3 rings (SSSR count). The van der Waals surface area contributed by atoms with Gasteiger partial charge in [-0.25, -0.2) is 0 Å². The van der Waals surface area contributed by atoms with Gasteiger partial charge in [-0.15, -0.1) is 0 Å². The maximum absolute atomic E-state index is 1.62. The van der Waals surface area contributed by atoms with Gasteiger partial charge in [0.05, 0.1) is 0 Å². The van der Waals surface area contributed by atoms with Crippen LogP contribution in [-0.4, -0.2) is 0 Å². The van der Waals surface area contributed by atoms with Crippen LogP contribution >= 0.6 is 0 Å². The van der Waals surface area contributed by atoms with Crippen LogP contribution < -0.4 is 0 Å². The van der Waals surface area contributed by atoms with Crippen molar-refractivity contribution in [1.29, 1.82) is 0 Å². The summed E-state index contributed by atoms with van der Waals surface area (Å²) in [7, 11) is 0. The summed E-state index contributed by atoms with van der Waals surface area (Å²) >= 11 is 0. The summed E-state index contributed by atoms with van der Waals surface area (Å²) in [5.41, 5.74) is 0. The van der Waals surface area contributed by atoms with E-state index in [2.05, 4.69) is 0 Å². The van der Waals surface area contributed by atoms with Crippen molar-refractivity contribution in [2.24, 2.45) is 23.7 Å². The van der Waals surface area contributed by atoms with E-state index in [1.165, 1.54) is 11.8 Å². The lowest BCUT2D eigenvalue weighted by Gasteiger charge is -2.32. The molecule has 13 heavy (non-hydrogen) atoms. The second-order valence-electron chi connectivity index (χ2n) is 5.65. The Hall–Kier alpha value is 0. The molecule has 0 N–H and O–H groups in total. The molecule has 0 spiro atoms. The molecular weight excluding hydrogens is 156 g/mol.